The van der Waals surface area contributed by atoms with Gasteiger partial charge in [-0.2, -0.15) is 0 Å². The zero-order chi connectivity index (χ0) is 16.5. The fourth-order valence-corrected chi connectivity index (χ4v) is 4.24. The lowest BCUT2D eigenvalue weighted by molar-refractivity contribution is 0.310. The van der Waals surface area contributed by atoms with Crippen LogP contribution in [0.3, 0.4) is 0 Å². The minimum atomic E-state index is 0.348. The predicted molar refractivity (Wildman–Crippen MR) is 96.8 cm³/mol. The van der Waals surface area contributed by atoms with Gasteiger partial charge in [-0.05, 0) is 23.0 Å². The summed E-state index contributed by atoms with van der Waals surface area (Å²) in [7, 11) is 0. The summed E-state index contributed by atoms with van der Waals surface area (Å²) < 4.78 is 0. The Balaban J connectivity index is 1.49. The normalized spacial score (nSPS) is 36.1. The Morgan fingerprint density at radius 2 is 0.917 bits per heavy atom. The minimum absolute atomic E-state index is 0.348. The molecule has 6 unspecified atom stereocenters. The van der Waals surface area contributed by atoms with Gasteiger partial charge in [0.2, 0.25) is 0 Å². The van der Waals surface area contributed by atoms with Crippen LogP contribution >= 0.6 is 0 Å². The molecule has 0 bridgehead atoms. The molecule has 4 N–H and O–H groups in total. The summed E-state index contributed by atoms with van der Waals surface area (Å²) in [6, 6.07) is 22.9. The third-order valence-corrected chi connectivity index (χ3v) is 5.70. The maximum atomic E-state index is 3.55. The van der Waals surface area contributed by atoms with E-state index in [1.54, 1.807) is 0 Å². The van der Waals surface area contributed by atoms with E-state index in [0.29, 0.717) is 36.0 Å². The second-order valence-corrected chi connectivity index (χ2v) is 7.12. The lowest BCUT2D eigenvalue weighted by Gasteiger charge is -2.27. The fourth-order valence-electron chi connectivity index (χ4n) is 4.24. The van der Waals surface area contributed by atoms with E-state index in [0.717, 1.165) is 0 Å². The molecule has 0 saturated carbocycles. The van der Waals surface area contributed by atoms with Gasteiger partial charge in [0.05, 0.1) is 12.1 Å². The highest BCUT2D eigenvalue weighted by Gasteiger charge is 2.44. The summed E-state index contributed by atoms with van der Waals surface area (Å²) in [5, 5.41) is 0. The van der Waals surface area contributed by atoms with E-state index in [1.165, 1.54) is 11.1 Å². The molecule has 4 rings (SSSR count). The molecule has 2 saturated heterocycles. The minimum Gasteiger partial charge on any atom is -0.252 e. The molecule has 2 fully saturated rings. The van der Waals surface area contributed by atoms with Gasteiger partial charge in [0.25, 0.3) is 0 Å². The van der Waals surface area contributed by atoms with Crippen LogP contribution in [0.15, 0.2) is 60.7 Å². The topological polar surface area (TPSA) is 48.1 Å². The maximum Gasteiger partial charge on any atom is 0.0503 e. The van der Waals surface area contributed by atoms with Gasteiger partial charge in [-0.3, -0.25) is 10.9 Å². The summed E-state index contributed by atoms with van der Waals surface area (Å²) in [6.07, 6.45) is 0. The molecule has 0 aliphatic carbocycles. The molecule has 2 aromatic carbocycles. The van der Waals surface area contributed by atoms with Crippen molar-refractivity contribution < 1.29 is 0 Å². The van der Waals surface area contributed by atoms with Crippen LogP contribution in [0.25, 0.3) is 0 Å². The van der Waals surface area contributed by atoms with Crippen LogP contribution in [0.1, 0.15) is 37.1 Å². The highest BCUT2D eigenvalue weighted by molar-refractivity contribution is 5.24. The van der Waals surface area contributed by atoms with Crippen molar-refractivity contribution in [1.29, 1.82) is 0 Å². The third kappa shape index (κ3) is 2.76. The Bertz CT molecular complexity index is 600. The molecule has 0 radical (unpaired) electrons. The molecular formula is C20H26N4. The Morgan fingerprint density at radius 3 is 1.29 bits per heavy atom. The van der Waals surface area contributed by atoms with Crippen LogP contribution < -0.4 is 21.7 Å². The monoisotopic (exact) mass is 322 g/mol. The molecule has 24 heavy (non-hydrogen) atoms. The predicted octanol–water partition coefficient (Wildman–Crippen LogP) is 2.69. The molecule has 2 heterocycles. The Morgan fingerprint density at radius 1 is 0.542 bits per heavy atom. The molecule has 4 nitrogen and oxygen atoms in total. The summed E-state index contributed by atoms with van der Waals surface area (Å²) in [5.74, 6) is 1.01. The van der Waals surface area contributed by atoms with Crippen molar-refractivity contribution in [1.82, 2.24) is 21.7 Å². The van der Waals surface area contributed by atoms with Crippen molar-refractivity contribution in [3.8, 4) is 0 Å². The number of benzene rings is 2. The first kappa shape index (κ1) is 15.8. The van der Waals surface area contributed by atoms with E-state index in [4.69, 9.17) is 0 Å². The van der Waals surface area contributed by atoms with Gasteiger partial charge in [-0.1, -0.05) is 74.5 Å². The van der Waals surface area contributed by atoms with Gasteiger partial charge < -0.3 is 0 Å². The molecule has 0 spiro atoms. The number of hydrazine groups is 2. The molecule has 6 atom stereocenters. The van der Waals surface area contributed by atoms with Crippen molar-refractivity contribution in [2.45, 2.75) is 38.0 Å². The smallest absolute Gasteiger partial charge is 0.0503 e. The van der Waals surface area contributed by atoms with Crippen molar-refractivity contribution in [2.24, 2.45) is 11.8 Å². The van der Waals surface area contributed by atoms with Gasteiger partial charge in [-0.25, -0.2) is 10.9 Å². The fraction of sp³-hybridized carbons (Fsp3) is 0.400. The molecular weight excluding hydrogens is 296 g/mol. The first-order valence-electron chi connectivity index (χ1n) is 8.87. The lowest BCUT2D eigenvalue weighted by atomic mass is 9.81. The highest BCUT2D eigenvalue weighted by Crippen LogP contribution is 2.36. The summed E-state index contributed by atoms with van der Waals surface area (Å²) >= 11 is 0. The molecule has 2 aliphatic heterocycles. The van der Waals surface area contributed by atoms with Crippen molar-refractivity contribution >= 4 is 0 Å². The maximum absolute atomic E-state index is 3.55. The quantitative estimate of drug-likeness (QED) is 0.702. The second kappa shape index (κ2) is 6.65. The molecule has 126 valence electrons. The standard InChI is InChI=1S/C20H26N4/c1-13-17(15-9-5-3-6-10-15)21-23-19(13)20-14(2)18(22-24-20)16-11-7-4-8-12-16/h3-14,17-24H,1-2H3. The number of hydrogen-bond acceptors (Lipinski definition) is 4. The molecule has 0 amide bonds. The molecule has 0 aromatic heterocycles. The van der Waals surface area contributed by atoms with Gasteiger partial charge in [0.15, 0.2) is 0 Å². The molecule has 2 aliphatic rings. The largest absolute Gasteiger partial charge is 0.252 e. The van der Waals surface area contributed by atoms with E-state index < -0.39 is 0 Å². The summed E-state index contributed by atoms with van der Waals surface area (Å²) in [5.41, 5.74) is 16.8. The number of rotatable bonds is 3. The van der Waals surface area contributed by atoms with Gasteiger partial charge in [0.1, 0.15) is 0 Å². The van der Waals surface area contributed by atoms with E-state index in [-0.39, 0.29) is 0 Å². The lowest BCUT2D eigenvalue weighted by Crippen LogP contribution is -2.49. The van der Waals surface area contributed by atoms with Gasteiger partial charge in [0, 0.05) is 12.1 Å². The summed E-state index contributed by atoms with van der Waals surface area (Å²) in [6.45, 7) is 4.67. The Labute approximate surface area is 144 Å². The zero-order valence-corrected chi connectivity index (χ0v) is 14.2. The third-order valence-electron chi connectivity index (χ3n) is 5.70. The Hall–Kier alpha value is -1.72. The van der Waals surface area contributed by atoms with Crippen molar-refractivity contribution in [3.63, 3.8) is 0 Å². The van der Waals surface area contributed by atoms with E-state index in [2.05, 4.69) is 96.2 Å². The first-order chi connectivity index (χ1) is 11.8. The van der Waals surface area contributed by atoms with Crippen LogP contribution in [0.5, 0.6) is 0 Å². The van der Waals surface area contributed by atoms with Crippen LogP contribution in [0.2, 0.25) is 0 Å². The SMILES string of the molecule is CC1C(c2ccccc2)NNC1C1NNC(c2ccccc2)C1C. The first-order valence-corrected chi connectivity index (χ1v) is 8.87. The molecule has 2 aromatic rings. The Kier molecular flexibility index (Phi) is 4.37. The van der Waals surface area contributed by atoms with Crippen LogP contribution in [-0.2, 0) is 0 Å². The second-order valence-electron chi connectivity index (χ2n) is 7.12. The average Bonchev–Trinajstić information content (AvgIpc) is 3.19. The van der Waals surface area contributed by atoms with Crippen LogP contribution in [-0.4, -0.2) is 12.1 Å². The van der Waals surface area contributed by atoms with E-state index in [1.807, 2.05) is 0 Å². The van der Waals surface area contributed by atoms with Crippen molar-refractivity contribution in [3.05, 3.63) is 71.8 Å². The van der Waals surface area contributed by atoms with Crippen LogP contribution in [0.4, 0.5) is 0 Å². The van der Waals surface area contributed by atoms with E-state index >= 15 is 0 Å². The molecule has 4 heteroatoms. The zero-order valence-electron chi connectivity index (χ0n) is 14.2. The highest BCUT2D eigenvalue weighted by atomic mass is 15.5. The number of nitrogens with one attached hydrogen (secondary N) is 4. The van der Waals surface area contributed by atoms with Gasteiger partial charge >= 0.3 is 0 Å². The average molecular weight is 322 g/mol. The van der Waals surface area contributed by atoms with Crippen molar-refractivity contribution in [2.75, 3.05) is 0 Å². The summed E-state index contributed by atoms with van der Waals surface area (Å²) in [4.78, 5) is 0. The number of hydrogen-bond donors (Lipinski definition) is 4. The van der Waals surface area contributed by atoms with Crippen LogP contribution in [0, 0.1) is 11.8 Å². The van der Waals surface area contributed by atoms with Gasteiger partial charge in [-0.15, -0.1) is 0 Å². The van der Waals surface area contributed by atoms with E-state index in [9.17, 15) is 0 Å².